The van der Waals surface area contributed by atoms with E-state index in [-0.39, 0.29) is 31.9 Å². The van der Waals surface area contributed by atoms with Gasteiger partial charge in [0.25, 0.3) is 0 Å². The Morgan fingerprint density at radius 2 is 1.02 bits per heavy atom. The summed E-state index contributed by atoms with van der Waals surface area (Å²) in [6, 6.07) is 16.1. The molecular weight excluding hydrogens is 728 g/mol. The fraction of sp³-hybridized carbons (Fsp3) is 0.371. The maximum atomic E-state index is 5.01. The molecular formula is C35H38N8Pt. The van der Waals surface area contributed by atoms with Gasteiger partial charge in [0, 0.05) is 40.2 Å². The quantitative estimate of drug-likeness (QED) is 0.169. The van der Waals surface area contributed by atoms with Crippen LogP contribution in [0.5, 0.6) is 0 Å². The molecule has 9 heteroatoms. The Bertz CT molecular complexity index is 1800. The molecule has 8 nitrogen and oxygen atoms in total. The van der Waals surface area contributed by atoms with Gasteiger partial charge >= 0.3 is 21.1 Å². The molecule has 6 aromatic heterocycles. The number of hydrogen-bond acceptors (Lipinski definition) is 6. The van der Waals surface area contributed by atoms with Crippen LogP contribution < -0.4 is 0 Å². The molecule has 0 radical (unpaired) electrons. The van der Waals surface area contributed by atoms with Crippen LogP contribution in [-0.4, -0.2) is 39.5 Å². The molecule has 6 aromatic rings. The second-order valence-corrected chi connectivity index (χ2v) is 14.3. The Hall–Kier alpha value is -3.77. The molecule has 0 aromatic carbocycles. The van der Waals surface area contributed by atoms with E-state index in [0.29, 0.717) is 11.6 Å². The van der Waals surface area contributed by atoms with Gasteiger partial charge in [0.1, 0.15) is 0 Å². The predicted molar refractivity (Wildman–Crippen MR) is 169 cm³/mol. The van der Waals surface area contributed by atoms with Crippen LogP contribution in [0, 0.1) is 23.2 Å². The van der Waals surface area contributed by atoms with Crippen molar-refractivity contribution in [1.29, 1.82) is 0 Å². The van der Waals surface area contributed by atoms with E-state index in [2.05, 4.69) is 89.9 Å². The topological polar surface area (TPSA) is 87.2 Å². The van der Waals surface area contributed by atoms with Crippen molar-refractivity contribution in [3.8, 4) is 11.6 Å². The van der Waals surface area contributed by atoms with Gasteiger partial charge in [-0.05, 0) is 84.2 Å². The Morgan fingerprint density at radius 3 is 1.41 bits per heavy atom. The summed E-state index contributed by atoms with van der Waals surface area (Å²) in [7, 11) is 0. The SMILES string of the molecule is CC(C)(C)Cc1cnc2[c-]n(-c3cccc(C(C)(C)c4cccc(-n5[c-]c6ncc(CC(C)(C)C)cc6n5)n4)n3)nc2c1.[Pt+2]. The molecule has 0 atom stereocenters. The van der Waals surface area contributed by atoms with Crippen LogP contribution in [0.25, 0.3) is 33.7 Å². The summed E-state index contributed by atoms with van der Waals surface area (Å²) in [6.45, 7) is 17.6. The number of fused-ring (bicyclic) bond motifs is 2. The minimum atomic E-state index is -0.499. The third-order valence-corrected chi connectivity index (χ3v) is 7.34. The summed E-state index contributed by atoms with van der Waals surface area (Å²) in [5.41, 5.74) is 6.97. The maximum absolute atomic E-state index is 5.01. The molecule has 0 aliphatic carbocycles. The first kappa shape index (κ1) is 31.6. The van der Waals surface area contributed by atoms with Crippen molar-refractivity contribution < 1.29 is 21.1 Å². The second kappa shape index (κ2) is 11.6. The standard InChI is InChI=1S/C35H38N8.Pt/c1-33(2,3)17-23-15-25-27(36-19-23)21-42(40-25)31-13-9-11-29(38-31)35(7,8)30-12-10-14-32(39-30)43-22-28-26(41-43)16-24(20-37-28)18-34(4,5)6;/h9-16,19-20H,17-18H2,1-8H3;/q-2;+2. The fourth-order valence-corrected chi connectivity index (χ4v) is 5.33. The van der Waals surface area contributed by atoms with Gasteiger partial charge in [-0.25, -0.2) is 0 Å². The number of hydrogen-bond donors (Lipinski definition) is 0. The molecule has 0 saturated heterocycles. The molecule has 0 aliphatic rings. The minimum Gasteiger partial charge on any atom is -0.341 e. The molecule has 44 heavy (non-hydrogen) atoms. The average Bonchev–Trinajstić information content (AvgIpc) is 3.55. The van der Waals surface area contributed by atoms with E-state index in [1.165, 1.54) is 0 Å². The number of nitrogens with zero attached hydrogens (tertiary/aromatic N) is 8. The van der Waals surface area contributed by atoms with Crippen LogP contribution in [0.1, 0.15) is 77.9 Å². The van der Waals surface area contributed by atoms with Crippen molar-refractivity contribution in [2.75, 3.05) is 0 Å². The zero-order valence-corrected chi connectivity index (χ0v) is 28.9. The molecule has 0 fully saturated rings. The minimum absolute atomic E-state index is 0. The van der Waals surface area contributed by atoms with Crippen LogP contribution in [0.2, 0.25) is 0 Å². The maximum Gasteiger partial charge on any atom is 2.00 e. The van der Waals surface area contributed by atoms with Crippen molar-refractivity contribution in [3.63, 3.8) is 0 Å². The van der Waals surface area contributed by atoms with Gasteiger partial charge in [0.2, 0.25) is 0 Å². The molecule has 0 bridgehead atoms. The smallest absolute Gasteiger partial charge is 0.341 e. The zero-order valence-electron chi connectivity index (χ0n) is 26.6. The Kier molecular flexibility index (Phi) is 8.36. The number of rotatable bonds is 6. The summed E-state index contributed by atoms with van der Waals surface area (Å²) in [5.74, 6) is 1.36. The van der Waals surface area contributed by atoms with Crippen LogP contribution in [0.3, 0.4) is 0 Å². The van der Waals surface area contributed by atoms with Crippen molar-refractivity contribution in [1.82, 2.24) is 39.5 Å². The molecule has 0 N–H and O–H groups in total. The Labute approximate surface area is 273 Å². The average molecular weight is 766 g/mol. The van der Waals surface area contributed by atoms with Crippen LogP contribution in [0.4, 0.5) is 0 Å². The number of aromatic nitrogens is 8. The molecule has 6 heterocycles. The van der Waals surface area contributed by atoms with Gasteiger partial charge in [-0.2, -0.15) is 0 Å². The summed E-state index contributed by atoms with van der Waals surface area (Å²) in [4.78, 5) is 19.2. The number of pyridine rings is 4. The van der Waals surface area contributed by atoms with Crippen molar-refractivity contribution >= 4 is 22.1 Å². The monoisotopic (exact) mass is 765 g/mol. The zero-order chi connectivity index (χ0) is 30.6. The third kappa shape index (κ3) is 6.81. The van der Waals surface area contributed by atoms with E-state index in [9.17, 15) is 0 Å². The van der Waals surface area contributed by atoms with Gasteiger partial charge < -0.3 is 9.36 Å². The summed E-state index contributed by atoms with van der Waals surface area (Å²) >= 11 is 0. The molecule has 228 valence electrons. The Balaban J connectivity index is 0.00000384. The fourth-order valence-electron chi connectivity index (χ4n) is 5.33. The van der Waals surface area contributed by atoms with Crippen LogP contribution >= 0.6 is 0 Å². The summed E-state index contributed by atoms with van der Waals surface area (Å²) < 4.78 is 3.38. The van der Waals surface area contributed by atoms with Gasteiger partial charge in [-0.15, -0.1) is 0 Å². The summed E-state index contributed by atoms with van der Waals surface area (Å²) in [6.07, 6.45) is 12.2. The first-order valence-electron chi connectivity index (χ1n) is 14.7. The predicted octanol–water partition coefficient (Wildman–Crippen LogP) is 7.05. The van der Waals surface area contributed by atoms with Crippen molar-refractivity contribution in [2.24, 2.45) is 10.8 Å². The normalized spacial score (nSPS) is 12.5. The van der Waals surface area contributed by atoms with Crippen LogP contribution in [-0.2, 0) is 39.3 Å². The van der Waals surface area contributed by atoms with E-state index in [0.717, 1.165) is 57.4 Å². The van der Waals surface area contributed by atoms with Crippen molar-refractivity contribution in [3.05, 3.63) is 95.8 Å². The molecule has 0 spiro atoms. The van der Waals surface area contributed by atoms with Crippen LogP contribution in [0.15, 0.2) is 60.9 Å². The summed E-state index contributed by atoms with van der Waals surface area (Å²) in [5, 5.41) is 9.54. The van der Waals surface area contributed by atoms with E-state index in [1.54, 1.807) is 9.36 Å². The molecule has 0 aliphatic heterocycles. The van der Waals surface area contributed by atoms with Gasteiger partial charge in [0.15, 0.2) is 0 Å². The Morgan fingerprint density at radius 1 is 0.614 bits per heavy atom. The van der Waals surface area contributed by atoms with Gasteiger partial charge in [0.05, 0.1) is 11.6 Å². The second-order valence-electron chi connectivity index (χ2n) is 14.3. The first-order valence-corrected chi connectivity index (χ1v) is 14.7. The first-order chi connectivity index (χ1) is 20.2. The van der Waals surface area contributed by atoms with Gasteiger partial charge in [-0.3, -0.25) is 30.1 Å². The molecule has 0 unspecified atom stereocenters. The van der Waals surface area contributed by atoms with Gasteiger partial charge in [-0.1, -0.05) is 77.9 Å². The van der Waals surface area contributed by atoms with Crippen molar-refractivity contribution in [2.45, 2.75) is 73.6 Å². The van der Waals surface area contributed by atoms with E-state index >= 15 is 0 Å². The largest absolute Gasteiger partial charge is 2.00 e. The van der Waals surface area contributed by atoms with E-state index in [4.69, 9.17) is 20.2 Å². The van der Waals surface area contributed by atoms with E-state index in [1.807, 2.05) is 48.8 Å². The van der Waals surface area contributed by atoms with E-state index < -0.39 is 5.41 Å². The third-order valence-electron chi connectivity index (χ3n) is 7.34. The molecule has 6 rings (SSSR count). The molecule has 0 saturated carbocycles. The molecule has 0 amide bonds.